The molecule has 2 aliphatic rings. The van der Waals surface area contributed by atoms with Gasteiger partial charge in [-0.15, -0.1) is 0 Å². The van der Waals surface area contributed by atoms with E-state index in [-0.39, 0.29) is 18.0 Å². The summed E-state index contributed by atoms with van der Waals surface area (Å²) in [5.74, 6) is 1.16. The maximum Gasteiger partial charge on any atom is 0.283 e. The maximum atomic E-state index is 12.6. The number of hydrazone groups is 1. The summed E-state index contributed by atoms with van der Waals surface area (Å²) in [7, 11) is 0. The molecule has 0 radical (unpaired) electrons. The first-order chi connectivity index (χ1) is 16.0. The van der Waals surface area contributed by atoms with Crippen molar-refractivity contribution in [3.63, 3.8) is 0 Å². The topological polar surface area (TPSA) is 91.3 Å². The number of fused-ring (bicyclic) bond motifs is 1. The second kappa shape index (κ2) is 8.73. The van der Waals surface area contributed by atoms with Crippen molar-refractivity contribution in [1.29, 1.82) is 5.41 Å². The molecule has 7 nitrogen and oxygen atoms in total. The average Bonchev–Trinajstić information content (AvgIpc) is 3.45. The zero-order valence-electron chi connectivity index (χ0n) is 17.4. The van der Waals surface area contributed by atoms with Crippen LogP contribution in [0.5, 0.6) is 5.75 Å². The lowest BCUT2D eigenvalue weighted by molar-refractivity contribution is -0.114. The molecule has 0 aliphatic carbocycles. The van der Waals surface area contributed by atoms with Crippen molar-refractivity contribution in [1.82, 2.24) is 5.01 Å². The van der Waals surface area contributed by atoms with E-state index in [1.807, 2.05) is 55.5 Å². The van der Waals surface area contributed by atoms with E-state index in [4.69, 9.17) is 26.2 Å². The first-order valence-electron chi connectivity index (χ1n) is 10.0. The number of carbonyl (C=O) groups excluding carboxylic acids is 1. The van der Waals surface area contributed by atoms with E-state index >= 15 is 0 Å². The van der Waals surface area contributed by atoms with Crippen molar-refractivity contribution in [2.24, 2.45) is 10.1 Å². The molecule has 0 atom stereocenters. The van der Waals surface area contributed by atoms with Gasteiger partial charge in [0.25, 0.3) is 5.91 Å². The van der Waals surface area contributed by atoms with Gasteiger partial charge in [0.05, 0.1) is 5.57 Å². The quantitative estimate of drug-likeness (QED) is 0.483. The number of rotatable bonds is 5. The number of aryl methyl sites for hydroxylation is 1. The molecule has 0 fully saturated rings. The van der Waals surface area contributed by atoms with E-state index in [0.29, 0.717) is 32.5 Å². The Morgan fingerprint density at radius 3 is 2.79 bits per heavy atom. The molecule has 5 rings (SSSR count). The molecule has 3 heterocycles. The molecule has 1 amide bonds. The van der Waals surface area contributed by atoms with Gasteiger partial charge in [0.2, 0.25) is 5.17 Å². The number of hydrogen-bond acceptors (Lipinski definition) is 6. The summed E-state index contributed by atoms with van der Waals surface area (Å²) in [6.07, 6.45) is 1.50. The van der Waals surface area contributed by atoms with Gasteiger partial charge in [-0.25, -0.2) is 0 Å². The fourth-order valence-corrected chi connectivity index (χ4v) is 4.20. The van der Waals surface area contributed by atoms with E-state index in [2.05, 4.69) is 10.1 Å². The van der Waals surface area contributed by atoms with Crippen LogP contribution in [-0.2, 0) is 4.79 Å². The molecule has 9 heteroatoms. The van der Waals surface area contributed by atoms with Crippen LogP contribution in [0.15, 0.2) is 80.7 Å². The van der Waals surface area contributed by atoms with Crippen LogP contribution in [0.2, 0.25) is 5.02 Å². The summed E-state index contributed by atoms with van der Waals surface area (Å²) in [6.45, 7) is 2.14. The summed E-state index contributed by atoms with van der Waals surface area (Å²) in [5.41, 5.74) is 1.89. The minimum atomic E-state index is -0.518. The van der Waals surface area contributed by atoms with Gasteiger partial charge in [-0.05, 0) is 60.7 Å². The van der Waals surface area contributed by atoms with Crippen LogP contribution in [0.1, 0.15) is 11.3 Å². The Labute approximate surface area is 198 Å². The van der Waals surface area contributed by atoms with Gasteiger partial charge < -0.3 is 9.15 Å². The highest BCUT2D eigenvalue weighted by Gasteiger charge is 2.36. The standard InChI is InChI=1S/C24H17ClN4O3S/c1-14-7-8-15(11-19(14)25)20-10-9-17(32-20)12-18-22(26)29-24(27-23(18)30)33-21(28-29)13-31-16-5-3-2-4-6-16/h2-12,26H,13H2,1H3/b18-12-,26-22?. The number of hydrogen-bond donors (Lipinski definition) is 1. The van der Waals surface area contributed by atoms with Crippen molar-refractivity contribution in [2.75, 3.05) is 6.61 Å². The zero-order valence-corrected chi connectivity index (χ0v) is 19.0. The number of amidine groups is 2. The molecular formula is C24H17ClN4O3S. The molecular weight excluding hydrogens is 460 g/mol. The van der Waals surface area contributed by atoms with Crippen molar-refractivity contribution < 1.29 is 13.9 Å². The highest BCUT2D eigenvalue weighted by molar-refractivity contribution is 8.27. The minimum Gasteiger partial charge on any atom is -0.487 e. The lowest BCUT2D eigenvalue weighted by atomic mass is 10.1. The van der Waals surface area contributed by atoms with Crippen LogP contribution >= 0.6 is 23.4 Å². The van der Waals surface area contributed by atoms with Crippen LogP contribution in [0, 0.1) is 12.3 Å². The van der Waals surface area contributed by atoms with Crippen molar-refractivity contribution in [3.05, 3.63) is 82.6 Å². The smallest absolute Gasteiger partial charge is 0.283 e. The van der Waals surface area contributed by atoms with Crippen molar-refractivity contribution in [2.45, 2.75) is 6.92 Å². The molecule has 0 bridgehead atoms. The normalized spacial score (nSPS) is 16.7. The van der Waals surface area contributed by atoms with E-state index < -0.39 is 5.91 Å². The number of amides is 1. The Morgan fingerprint density at radius 2 is 2.00 bits per heavy atom. The molecule has 0 saturated carbocycles. The summed E-state index contributed by atoms with van der Waals surface area (Å²) in [6, 6.07) is 18.5. The van der Waals surface area contributed by atoms with Gasteiger partial charge in [0.15, 0.2) is 5.84 Å². The number of nitrogens with zero attached hydrogens (tertiary/aromatic N) is 3. The Morgan fingerprint density at radius 1 is 1.18 bits per heavy atom. The summed E-state index contributed by atoms with van der Waals surface area (Å²) >= 11 is 7.42. The molecule has 0 unspecified atom stereocenters. The molecule has 164 valence electrons. The van der Waals surface area contributed by atoms with Crippen LogP contribution in [0.3, 0.4) is 0 Å². The maximum absolute atomic E-state index is 12.6. The third-order valence-electron chi connectivity index (χ3n) is 4.97. The van der Waals surface area contributed by atoms with Crippen LogP contribution < -0.4 is 4.74 Å². The van der Waals surface area contributed by atoms with Gasteiger partial charge in [-0.3, -0.25) is 10.2 Å². The van der Waals surface area contributed by atoms with Crippen LogP contribution in [0.4, 0.5) is 0 Å². The first-order valence-corrected chi connectivity index (χ1v) is 11.2. The van der Waals surface area contributed by atoms with E-state index in [9.17, 15) is 4.79 Å². The molecule has 0 spiro atoms. The van der Waals surface area contributed by atoms with Crippen LogP contribution in [0.25, 0.3) is 17.4 Å². The molecule has 2 aliphatic heterocycles. The SMILES string of the molecule is Cc1ccc(-c2ccc(/C=C3/C(=N)N4N=C(COc5ccccc5)SC4=NC3=O)o2)cc1Cl. The Bertz CT molecular complexity index is 1360. The largest absolute Gasteiger partial charge is 0.487 e. The molecule has 0 saturated heterocycles. The second-order valence-electron chi connectivity index (χ2n) is 7.28. The van der Waals surface area contributed by atoms with E-state index in [0.717, 1.165) is 11.1 Å². The highest BCUT2D eigenvalue weighted by Crippen LogP contribution is 2.31. The number of nitrogens with one attached hydrogen (secondary N) is 1. The lowest BCUT2D eigenvalue weighted by Crippen LogP contribution is -2.35. The fraction of sp³-hybridized carbons (Fsp3) is 0.0833. The summed E-state index contributed by atoms with van der Waals surface area (Å²) < 4.78 is 11.6. The van der Waals surface area contributed by atoms with Gasteiger partial charge in [-0.2, -0.15) is 15.1 Å². The number of benzene rings is 2. The number of aliphatic imine (C=N–C) groups is 1. The van der Waals surface area contributed by atoms with Crippen LogP contribution in [-0.4, -0.2) is 33.6 Å². The molecule has 3 aromatic rings. The predicted molar refractivity (Wildman–Crippen MR) is 131 cm³/mol. The van der Waals surface area contributed by atoms with Gasteiger partial charge in [-0.1, -0.05) is 41.9 Å². The number of carbonyl (C=O) groups is 1. The van der Waals surface area contributed by atoms with Gasteiger partial charge >= 0.3 is 0 Å². The molecule has 33 heavy (non-hydrogen) atoms. The summed E-state index contributed by atoms with van der Waals surface area (Å²) in [5, 5.41) is 15.8. The number of thioether (sulfide) groups is 1. The Hall–Kier alpha value is -3.62. The molecule has 1 aromatic heterocycles. The van der Waals surface area contributed by atoms with Crippen molar-refractivity contribution >= 4 is 51.4 Å². The third-order valence-corrected chi connectivity index (χ3v) is 6.26. The molecule has 1 N–H and O–H groups in total. The zero-order chi connectivity index (χ0) is 22.9. The Kier molecular flexibility index (Phi) is 5.62. The molecule has 2 aromatic carbocycles. The van der Waals surface area contributed by atoms with Gasteiger partial charge in [0, 0.05) is 10.6 Å². The second-order valence-corrected chi connectivity index (χ2v) is 8.73. The first kappa shape index (κ1) is 21.2. The van der Waals surface area contributed by atoms with E-state index in [1.165, 1.54) is 22.8 Å². The predicted octanol–water partition coefficient (Wildman–Crippen LogP) is 5.61. The minimum absolute atomic E-state index is 0.0662. The van der Waals surface area contributed by atoms with Crippen molar-refractivity contribution in [3.8, 4) is 17.1 Å². The fourth-order valence-electron chi connectivity index (χ4n) is 3.23. The number of halogens is 1. The van der Waals surface area contributed by atoms with E-state index in [1.54, 1.807) is 12.1 Å². The lowest BCUT2D eigenvalue weighted by Gasteiger charge is -2.19. The average molecular weight is 477 g/mol. The highest BCUT2D eigenvalue weighted by atomic mass is 35.5. The monoisotopic (exact) mass is 476 g/mol. The van der Waals surface area contributed by atoms with Gasteiger partial charge in [0.1, 0.15) is 28.9 Å². The number of furan rings is 1. The number of ether oxygens (including phenoxy) is 1. The summed E-state index contributed by atoms with van der Waals surface area (Å²) in [4.78, 5) is 16.7. The third kappa shape index (κ3) is 4.35. The Balaban J connectivity index is 1.35. The number of para-hydroxylation sites is 1.